The normalized spacial score (nSPS) is 21.3. The SMILES string of the molecule is COc1ccccc1-c1ccccc1[C@H](C)n1cncc1C(=O)N1CC[C@H]2NCCO[C@@H]2C1. The van der Waals surface area contributed by atoms with Crippen LogP contribution in [0.5, 0.6) is 5.75 Å². The first-order valence-corrected chi connectivity index (χ1v) is 11.6. The minimum Gasteiger partial charge on any atom is -0.496 e. The minimum absolute atomic E-state index is 0.00162. The van der Waals surface area contributed by atoms with Crippen molar-refractivity contribution in [2.45, 2.75) is 31.5 Å². The number of methoxy groups -OCH3 is 1. The topological polar surface area (TPSA) is 68.6 Å². The quantitative estimate of drug-likeness (QED) is 0.651. The van der Waals surface area contributed by atoms with Gasteiger partial charge in [0.05, 0.1) is 38.4 Å². The van der Waals surface area contributed by atoms with Crippen LogP contribution in [0.25, 0.3) is 11.1 Å². The third-order valence-electron chi connectivity index (χ3n) is 6.80. The monoisotopic (exact) mass is 446 g/mol. The van der Waals surface area contributed by atoms with Gasteiger partial charge < -0.3 is 24.3 Å². The molecule has 3 atom stereocenters. The Morgan fingerprint density at radius 2 is 1.97 bits per heavy atom. The van der Waals surface area contributed by atoms with Crippen LogP contribution in [0, 0.1) is 0 Å². The highest BCUT2D eigenvalue weighted by Crippen LogP contribution is 2.36. The highest BCUT2D eigenvalue weighted by Gasteiger charge is 2.35. The number of aromatic nitrogens is 2. The summed E-state index contributed by atoms with van der Waals surface area (Å²) in [7, 11) is 1.69. The number of nitrogens with zero attached hydrogens (tertiary/aromatic N) is 3. The van der Waals surface area contributed by atoms with Crippen LogP contribution in [0.1, 0.15) is 35.4 Å². The van der Waals surface area contributed by atoms with E-state index in [2.05, 4.69) is 35.4 Å². The molecule has 2 aliphatic heterocycles. The summed E-state index contributed by atoms with van der Waals surface area (Å²) in [5, 5.41) is 3.51. The number of carbonyl (C=O) groups is 1. The van der Waals surface area contributed by atoms with E-state index in [4.69, 9.17) is 9.47 Å². The van der Waals surface area contributed by atoms with Crippen LogP contribution in [0.4, 0.5) is 0 Å². The Labute approximate surface area is 194 Å². The number of hydrogen-bond acceptors (Lipinski definition) is 5. The first kappa shape index (κ1) is 21.7. The number of nitrogens with one attached hydrogen (secondary N) is 1. The van der Waals surface area contributed by atoms with E-state index in [1.165, 1.54) is 0 Å². The maximum atomic E-state index is 13.5. The standard InChI is InChI=1S/C26H30N4O3/c1-18(19-7-3-4-8-20(19)21-9-5-6-10-24(21)32-2)30-17-27-15-23(30)26(31)29-13-11-22-25(16-29)33-14-12-28-22/h3-10,15,17-18,22,25,28H,11-14,16H2,1-2H3/t18-,22+,25+/m0/s1. The van der Waals surface area contributed by atoms with Crippen molar-refractivity contribution in [3.8, 4) is 16.9 Å². The Morgan fingerprint density at radius 1 is 1.18 bits per heavy atom. The molecule has 3 aromatic rings. The number of rotatable bonds is 5. The van der Waals surface area contributed by atoms with Gasteiger partial charge in [0.15, 0.2) is 0 Å². The van der Waals surface area contributed by atoms with Crippen LogP contribution >= 0.6 is 0 Å². The molecule has 5 rings (SSSR count). The van der Waals surface area contributed by atoms with Crippen molar-refractivity contribution in [3.63, 3.8) is 0 Å². The smallest absolute Gasteiger partial charge is 0.272 e. The molecule has 7 nitrogen and oxygen atoms in total. The Balaban J connectivity index is 1.44. The highest BCUT2D eigenvalue weighted by molar-refractivity contribution is 5.92. The zero-order chi connectivity index (χ0) is 22.8. The van der Waals surface area contributed by atoms with Crippen LogP contribution in [-0.2, 0) is 4.74 Å². The number of likely N-dealkylation sites (tertiary alicyclic amines) is 1. The third kappa shape index (κ3) is 4.14. The molecule has 0 aliphatic carbocycles. The summed E-state index contributed by atoms with van der Waals surface area (Å²) < 4.78 is 13.5. The number of amides is 1. The number of ether oxygens (including phenoxy) is 2. The zero-order valence-electron chi connectivity index (χ0n) is 19.1. The molecule has 2 saturated heterocycles. The Kier molecular flexibility index (Phi) is 6.15. The van der Waals surface area contributed by atoms with Crippen LogP contribution < -0.4 is 10.1 Å². The van der Waals surface area contributed by atoms with Crippen LogP contribution in [0.3, 0.4) is 0 Å². The van der Waals surface area contributed by atoms with Gasteiger partial charge in [-0.25, -0.2) is 4.98 Å². The van der Waals surface area contributed by atoms with Crippen molar-refractivity contribution in [2.24, 2.45) is 0 Å². The number of morpholine rings is 1. The molecule has 0 spiro atoms. The summed E-state index contributed by atoms with van der Waals surface area (Å²) in [4.78, 5) is 19.8. The number of imidazole rings is 1. The average molecular weight is 447 g/mol. The van der Waals surface area contributed by atoms with Gasteiger partial charge in [-0.2, -0.15) is 0 Å². The Hall–Kier alpha value is -3.16. The summed E-state index contributed by atoms with van der Waals surface area (Å²) in [5.41, 5.74) is 3.81. The predicted octanol–water partition coefficient (Wildman–Crippen LogP) is 3.37. The maximum Gasteiger partial charge on any atom is 0.272 e. The summed E-state index contributed by atoms with van der Waals surface area (Å²) >= 11 is 0. The lowest BCUT2D eigenvalue weighted by atomic mass is 9.94. The number of hydrogen-bond donors (Lipinski definition) is 1. The highest BCUT2D eigenvalue weighted by atomic mass is 16.5. The lowest BCUT2D eigenvalue weighted by Gasteiger charge is -2.41. The number of piperidine rings is 1. The van der Waals surface area contributed by atoms with Crippen LogP contribution in [0.2, 0.25) is 0 Å². The molecule has 0 unspecified atom stereocenters. The van der Waals surface area contributed by atoms with Gasteiger partial charge >= 0.3 is 0 Å². The van der Waals surface area contributed by atoms with Gasteiger partial charge in [-0.15, -0.1) is 0 Å². The lowest BCUT2D eigenvalue weighted by molar-refractivity contribution is -0.0417. The molecule has 7 heteroatoms. The fraction of sp³-hybridized carbons (Fsp3) is 0.385. The van der Waals surface area contributed by atoms with Crippen molar-refractivity contribution in [2.75, 3.05) is 33.4 Å². The molecule has 0 radical (unpaired) electrons. The molecular weight excluding hydrogens is 416 g/mol. The van der Waals surface area contributed by atoms with Gasteiger partial charge in [-0.3, -0.25) is 4.79 Å². The molecule has 172 valence electrons. The first-order valence-electron chi connectivity index (χ1n) is 11.6. The molecular formula is C26H30N4O3. The van der Waals surface area contributed by atoms with Crippen molar-refractivity contribution >= 4 is 5.91 Å². The van der Waals surface area contributed by atoms with Gasteiger partial charge in [0.1, 0.15) is 11.4 Å². The van der Waals surface area contributed by atoms with E-state index < -0.39 is 0 Å². The van der Waals surface area contributed by atoms with E-state index in [1.54, 1.807) is 19.6 Å². The van der Waals surface area contributed by atoms with E-state index >= 15 is 0 Å². The van der Waals surface area contributed by atoms with E-state index in [0.717, 1.165) is 35.4 Å². The molecule has 2 aromatic carbocycles. The number of fused-ring (bicyclic) bond motifs is 1. The van der Waals surface area contributed by atoms with Crippen molar-refractivity contribution in [1.82, 2.24) is 19.8 Å². The van der Waals surface area contributed by atoms with Crippen LogP contribution in [-0.4, -0.2) is 65.9 Å². The molecule has 33 heavy (non-hydrogen) atoms. The minimum atomic E-state index is -0.0855. The van der Waals surface area contributed by atoms with Gasteiger partial charge in [0, 0.05) is 31.2 Å². The van der Waals surface area contributed by atoms with E-state index in [1.807, 2.05) is 39.8 Å². The fourth-order valence-corrected chi connectivity index (χ4v) is 5.02. The molecule has 0 bridgehead atoms. The Morgan fingerprint density at radius 3 is 2.82 bits per heavy atom. The van der Waals surface area contributed by atoms with Gasteiger partial charge in [0.25, 0.3) is 5.91 Å². The predicted molar refractivity (Wildman–Crippen MR) is 127 cm³/mol. The van der Waals surface area contributed by atoms with Gasteiger partial charge in [0.2, 0.25) is 0 Å². The number of benzene rings is 2. The van der Waals surface area contributed by atoms with E-state index in [9.17, 15) is 4.79 Å². The lowest BCUT2D eigenvalue weighted by Crippen LogP contribution is -2.58. The zero-order valence-corrected chi connectivity index (χ0v) is 19.1. The molecule has 1 N–H and O–H groups in total. The average Bonchev–Trinajstić information content (AvgIpc) is 3.37. The van der Waals surface area contributed by atoms with E-state index in [-0.39, 0.29) is 18.1 Å². The third-order valence-corrected chi connectivity index (χ3v) is 6.80. The second kappa shape index (κ2) is 9.37. The van der Waals surface area contributed by atoms with Crippen molar-refractivity contribution < 1.29 is 14.3 Å². The molecule has 2 fully saturated rings. The molecule has 1 amide bonds. The van der Waals surface area contributed by atoms with E-state index in [0.29, 0.717) is 31.4 Å². The first-order chi connectivity index (χ1) is 16.2. The van der Waals surface area contributed by atoms with Crippen molar-refractivity contribution in [1.29, 1.82) is 0 Å². The second-order valence-electron chi connectivity index (χ2n) is 8.66. The van der Waals surface area contributed by atoms with Crippen LogP contribution in [0.15, 0.2) is 61.1 Å². The molecule has 1 aromatic heterocycles. The second-order valence-corrected chi connectivity index (χ2v) is 8.66. The summed E-state index contributed by atoms with van der Waals surface area (Å²) in [6.07, 6.45) is 4.38. The molecule has 0 saturated carbocycles. The van der Waals surface area contributed by atoms with Crippen molar-refractivity contribution in [3.05, 3.63) is 72.3 Å². The van der Waals surface area contributed by atoms with Gasteiger partial charge in [-0.1, -0.05) is 42.5 Å². The number of carbonyl (C=O) groups excluding carboxylic acids is 1. The van der Waals surface area contributed by atoms with Gasteiger partial charge in [-0.05, 0) is 30.5 Å². The maximum absolute atomic E-state index is 13.5. The largest absolute Gasteiger partial charge is 0.496 e. The summed E-state index contributed by atoms with van der Waals surface area (Å²) in [5.74, 6) is 0.824. The summed E-state index contributed by atoms with van der Waals surface area (Å²) in [6, 6.07) is 16.5. The fourth-order valence-electron chi connectivity index (χ4n) is 5.02. The molecule has 3 heterocycles. The summed E-state index contributed by atoms with van der Waals surface area (Å²) in [6.45, 7) is 5.00. The number of para-hydroxylation sites is 1. The Bertz CT molecular complexity index is 1130. The molecule has 2 aliphatic rings.